The van der Waals surface area contributed by atoms with Crippen molar-refractivity contribution >= 4 is 23.4 Å². The second-order valence-corrected chi connectivity index (χ2v) is 8.25. The summed E-state index contributed by atoms with van der Waals surface area (Å²) in [5.74, 6) is -0.579. The number of rotatable bonds is 12. The normalized spacial score (nSPS) is 16.3. The molecule has 1 atom stereocenters. The third kappa shape index (κ3) is 7.95. The minimum Gasteiger partial charge on any atom is -0.351 e. The van der Waals surface area contributed by atoms with Crippen LogP contribution >= 0.6 is 0 Å². The summed E-state index contributed by atoms with van der Waals surface area (Å²) in [6, 6.07) is 6.86. The first-order valence-electron chi connectivity index (χ1n) is 11.2. The predicted octanol–water partition coefficient (Wildman–Crippen LogP) is 1.50. The van der Waals surface area contributed by atoms with E-state index in [1.165, 1.54) is 0 Å². The standard InChI is InChI=1S/C23H37N5O3/c1-5-27(6-2)15-12-24-22(30)18-8-10-20(11-9-18)25-23(31)19-16-21(29)28(17-19)14-7-13-26(3)4/h8-11,19H,5-7,12-17H2,1-4H3,(H,24,30)(H,25,31). The number of nitrogens with one attached hydrogen (secondary N) is 2. The van der Waals surface area contributed by atoms with Gasteiger partial charge in [0.25, 0.3) is 5.91 Å². The summed E-state index contributed by atoms with van der Waals surface area (Å²) in [6.45, 7) is 9.59. The molecule has 1 aliphatic rings. The fraction of sp³-hybridized carbons (Fsp3) is 0.609. The molecule has 0 radical (unpaired) electrons. The van der Waals surface area contributed by atoms with E-state index in [0.29, 0.717) is 30.9 Å². The highest BCUT2D eigenvalue weighted by Gasteiger charge is 2.33. The summed E-state index contributed by atoms with van der Waals surface area (Å²) in [6.07, 6.45) is 1.15. The minimum absolute atomic E-state index is 0.0376. The van der Waals surface area contributed by atoms with E-state index in [4.69, 9.17) is 0 Å². The maximum atomic E-state index is 12.6. The molecule has 1 saturated heterocycles. The molecule has 0 saturated carbocycles. The monoisotopic (exact) mass is 431 g/mol. The van der Waals surface area contributed by atoms with Crippen molar-refractivity contribution < 1.29 is 14.4 Å². The number of nitrogens with zero attached hydrogens (tertiary/aromatic N) is 3. The van der Waals surface area contributed by atoms with Gasteiger partial charge in [-0.25, -0.2) is 0 Å². The summed E-state index contributed by atoms with van der Waals surface area (Å²) >= 11 is 0. The molecule has 2 N–H and O–H groups in total. The maximum Gasteiger partial charge on any atom is 0.251 e. The van der Waals surface area contributed by atoms with Crippen molar-refractivity contribution in [1.29, 1.82) is 0 Å². The second kappa shape index (κ2) is 12.4. The Bertz CT molecular complexity index is 731. The van der Waals surface area contributed by atoms with Crippen molar-refractivity contribution in [2.24, 2.45) is 5.92 Å². The Balaban J connectivity index is 1.79. The van der Waals surface area contributed by atoms with Crippen LogP contribution in [0.25, 0.3) is 0 Å². The second-order valence-electron chi connectivity index (χ2n) is 8.25. The molecule has 8 heteroatoms. The van der Waals surface area contributed by atoms with Gasteiger partial charge in [-0.2, -0.15) is 0 Å². The van der Waals surface area contributed by atoms with Crippen LogP contribution in [0.5, 0.6) is 0 Å². The summed E-state index contributed by atoms with van der Waals surface area (Å²) in [5, 5.41) is 5.80. The smallest absolute Gasteiger partial charge is 0.251 e. The number of carbonyl (C=O) groups excluding carboxylic acids is 3. The zero-order chi connectivity index (χ0) is 22.8. The number of hydrogen-bond acceptors (Lipinski definition) is 5. The van der Waals surface area contributed by atoms with Gasteiger partial charge in [0.05, 0.1) is 5.92 Å². The van der Waals surface area contributed by atoms with Crippen LogP contribution in [0.4, 0.5) is 5.69 Å². The molecule has 1 fully saturated rings. The largest absolute Gasteiger partial charge is 0.351 e. The van der Waals surface area contributed by atoms with Crippen LogP contribution in [-0.4, -0.2) is 92.3 Å². The van der Waals surface area contributed by atoms with Crippen LogP contribution in [0.1, 0.15) is 37.0 Å². The Morgan fingerprint density at radius 2 is 1.77 bits per heavy atom. The number of anilines is 1. The molecule has 1 aromatic carbocycles. The molecule has 3 amide bonds. The summed E-state index contributed by atoms with van der Waals surface area (Å²) < 4.78 is 0. The summed E-state index contributed by atoms with van der Waals surface area (Å²) in [5.41, 5.74) is 1.18. The fourth-order valence-electron chi connectivity index (χ4n) is 3.66. The molecule has 31 heavy (non-hydrogen) atoms. The lowest BCUT2D eigenvalue weighted by Gasteiger charge is -2.18. The molecule has 1 aromatic rings. The predicted molar refractivity (Wildman–Crippen MR) is 123 cm³/mol. The van der Waals surface area contributed by atoms with E-state index in [9.17, 15) is 14.4 Å². The van der Waals surface area contributed by atoms with E-state index < -0.39 is 0 Å². The number of hydrogen-bond donors (Lipinski definition) is 2. The van der Waals surface area contributed by atoms with Gasteiger partial charge in [-0.05, 0) is 64.4 Å². The Hall–Kier alpha value is -2.45. The average Bonchev–Trinajstić information content (AvgIpc) is 3.12. The first-order chi connectivity index (χ1) is 14.8. The Morgan fingerprint density at radius 3 is 2.39 bits per heavy atom. The van der Waals surface area contributed by atoms with Crippen LogP contribution in [0.3, 0.4) is 0 Å². The van der Waals surface area contributed by atoms with Crippen LogP contribution in [0, 0.1) is 5.92 Å². The minimum atomic E-state index is -0.338. The Morgan fingerprint density at radius 1 is 1.10 bits per heavy atom. The van der Waals surface area contributed by atoms with Crippen molar-refractivity contribution in [3.63, 3.8) is 0 Å². The SMILES string of the molecule is CCN(CC)CCNC(=O)c1ccc(NC(=O)C2CC(=O)N(CCCN(C)C)C2)cc1. The van der Waals surface area contributed by atoms with Gasteiger partial charge in [0.1, 0.15) is 0 Å². The van der Waals surface area contributed by atoms with E-state index >= 15 is 0 Å². The third-order valence-electron chi connectivity index (χ3n) is 5.64. The van der Waals surface area contributed by atoms with Crippen molar-refractivity contribution in [2.75, 3.05) is 65.2 Å². The van der Waals surface area contributed by atoms with E-state index in [0.717, 1.165) is 32.6 Å². The van der Waals surface area contributed by atoms with Gasteiger partial charge in [0.2, 0.25) is 11.8 Å². The number of benzene rings is 1. The highest BCUT2D eigenvalue weighted by Crippen LogP contribution is 2.20. The molecule has 0 aromatic heterocycles. The molecule has 1 heterocycles. The molecular weight excluding hydrogens is 394 g/mol. The number of likely N-dealkylation sites (tertiary alicyclic amines) is 1. The average molecular weight is 432 g/mol. The van der Waals surface area contributed by atoms with Crippen LogP contribution in [0.15, 0.2) is 24.3 Å². The zero-order valence-corrected chi connectivity index (χ0v) is 19.3. The number of carbonyl (C=O) groups is 3. The van der Waals surface area contributed by atoms with Crippen molar-refractivity contribution in [3.05, 3.63) is 29.8 Å². The molecular formula is C23H37N5O3. The van der Waals surface area contributed by atoms with Crippen LogP contribution < -0.4 is 10.6 Å². The van der Waals surface area contributed by atoms with Gasteiger partial charge in [-0.3, -0.25) is 14.4 Å². The van der Waals surface area contributed by atoms with Crippen LogP contribution in [0.2, 0.25) is 0 Å². The molecule has 1 unspecified atom stereocenters. The number of likely N-dealkylation sites (N-methyl/N-ethyl adjacent to an activating group) is 1. The first-order valence-corrected chi connectivity index (χ1v) is 11.2. The fourth-order valence-corrected chi connectivity index (χ4v) is 3.66. The van der Waals surface area contributed by atoms with Crippen molar-refractivity contribution in [2.45, 2.75) is 26.7 Å². The molecule has 2 rings (SSSR count). The topological polar surface area (TPSA) is 85.0 Å². The Kier molecular flexibility index (Phi) is 9.94. The lowest BCUT2D eigenvalue weighted by atomic mass is 10.1. The third-order valence-corrected chi connectivity index (χ3v) is 5.64. The zero-order valence-electron chi connectivity index (χ0n) is 19.3. The summed E-state index contributed by atoms with van der Waals surface area (Å²) in [4.78, 5) is 43.2. The molecule has 0 bridgehead atoms. The van der Waals surface area contributed by atoms with Gasteiger partial charge >= 0.3 is 0 Å². The van der Waals surface area contributed by atoms with Crippen molar-refractivity contribution in [1.82, 2.24) is 20.0 Å². The molecule has 0 spiro atoms. The first kappa shape index (κ1) is 24.8. The van der Waals surface area contributed by atoms with Gasteiger partial charge < -0.3 is 25.3 Å². The molecule has 8 nitrogen and oxygen atoms in total. The van der Waals surface area contributed by atoms with Gasteiger partial charge in [0, 0.05) is 43.9 Å². The molecule has 0 aliphatic carbocycles. The lowest BCUT2D eigenvalue weighted by molar-refractivity contribution is -0.128. The van der Waals surface area contributed by atoms with E-state index in [1.54, 1.807) is 29.2 Å². The highest BCUT2D eigenvalue weighted by molar-refractivity contribution is 5.98. The maximum absolute atomic E-state index is 12.6. The van der Waals surface area contributed by atoms with Gasteiger partial charge in [-0.1, -0.05) is 13.8 Å². The van der Waals surface area contributed by atoms with E-state index in [-0.39, 0.29) is 30.1 Å². The van der Waals surface area contributed by atoms with E-state index in [2.05, 4.69) is 34.3 Å². The van der Waals surface area contributed by atoms with E-state index in [1.807, 2.05) is 14.1 Å². The van der Waals surface area contributed by atoms with Gasteiger partial charge in [-0.15, -0.1) is 0 Å². The van der Waals surface area contributed by atoms with Gasteiger partial charge in [0.15, 0.2) is 0 Å². The quantitative estimate of drug-likeness (QED) is 0.524. The molecule has 1 aliphatic heterocycles. The Labute approximate surface area is 185 Å². The lowest BCUT2D eigenvalue weighted by Crippen LogP contribution is -2.34. The number of amides is 3. The van der Waals surface area contributed by atoms with Crippen LogP contribution in [-0.2, 0) is 9.59 Å². The summed E-state index contributed by atoms with van der Waals surface area (Å²) in [7, 11) is 4.01. The van der Waals surface area contributed by atoms with Crippen molar-refractivity contribution in [3.8, 4) is 0 Å². The molecule has 172 valence electrons. The highest BCUT2D eigenvalue weighted by atomic mass is 16.2.